The maximum Gasteiger partial charge on any atom is 0.138 e. The minimum Gasteiger partial charge on any atom is -0.548 e. The van der Waals surface area contributed by atoms with E-state index in [1.165, 1.54) is 21.7 Å². The molecule has 7 heteroatoms. The topological polar surface area (TPSA) is 82.4 Å². The Labute approximate surface area is 120 Å². The molecule has 106 valence electrons. The van der Waals surface area contributed by atoms with Crippen LogP contribution in [-0.2, 0) is 17.8 Å². The lowest BCUT2D eigenvalue weighted by molar-refractivity contribution is -0.895. The molecule has 2 N–H and O–H groups in total. The minimum absolute atomic E-state index is 0.601. The number of hydrogen-bond acceptors (Lipinski definition) is 6. The number of thiophene rings is 1. The molecule has 0 aliphatic carbocycles. The number of aromatic nitrogens is 2. The van der Waals surface area contributed by atoms with Crippen molar-refractivity contribution in [1.82, 2.24) is 9.97 Å². The van der Waals surface area contributed by atoms with Crippen LogP contribution in [0.2, 0.25) is 0 Å². The van der Waals surface area contributed by atoms with Crippen LogP contribution in [-0.4, -0.2) is 35.6 Å². The molecule has 1 unspecified atom stereocenters. The van der Waals surface area contributed by atoms with Gasteiger partial charge in [-0.3, -0.25) is 0 Å². The molecule has 2 aromatic rings. The summed E-state index contributed by atoms with van der Waals surface area (Å²) >= 11 is 1.68. The lowest BCUT2D eigenvalue weighted by Gasteiger charge is -2.20. The van der Waals surface area contributed by atoms with Gasteiger partial charge in [0.2, 0.25) is 0 Å². The first-order valence-electron chi connectivity index (χ1n) is 6.60. The van der Waals surface area contributed by atoms with Crippen LogP contribution in [0, 0.1) is 0 Å². The second-order valence-corrected chi connectivity index (χ2v) is 6.31. The van der Waals surface area contributed by atoms with Crippen molar-refractivity contribution in [1.29, 1.82) is 0 Å². The van der Waals surface area contributed by atoms with Crippen molar-refractivity contribution in [3.05, 3.63) is 16.8 Å². The molecule has 2 aromatic heterocycles. The summed E-state index contributed by atoms with van der Waals surface area (Å²) in [5.41, 5.74) is 1.27. The zero-order chi connectivity index (χ0) is 14.3. The van der Waals surface area contributed by atoms with Crippen molar-refractivity contribution in [3.8, 4) is 0 Å². The quantitative estimate of drug-likeness (QED) is 0.743. The molecule has 0 bridgehead atoms. The van der Waals surface area contributed by atoms with Crippen molar-refractivity contribution in [2.45, 2.75) is 25.9 Å². The third-order valence-electron chi connectivity index (χ3n) is 3.64. The van der Waals surface area contributed by atoms with Gasteiger partial charge in [-0.2, -0.15) is 0 Å². The Balaban J connectivity index is 2.07. The maximum absolute atomic E-state index is 10.9. The highest BCUT2D eigenvalue weighted by atomic mass is 32.1. The van der Waals surface area contributed by atoms with Crippen LogP contribution in [0.4, 0.5) is 5.82 Å². The number of fused-ring (bicyclic) bond motifs is 3. The van der Waals surface area contributed by atoms with Crippen LogP contribution in [0.1, 0.15) is 17.4 Å². The Morgan fingerprint density at radius 2 is 2.35 bits per heavy atom. The minimum atomic E-state index is -1.13. The van der Waals surface area contributed by atoms with Crippen LogP contribution >= 0.6 is 11.3 Å². The number of carbonyl (C=O) groups excluding carboxylic acids is 1. The maximum atomic E-state index is 10.9. The number of quaternary nitrogens is 1. The normalized spacial score (nSPS) is 19.6. The predicted octanol–water partition coefficient (Wildman–Crippen LogP) is -1.19. The van der Waals surface area contributed by atoms with E-state index in [0.29, 0.717) is 5.82 Å². The molecular formula is C13H16N4O2S. The van der Waals surface area contributed by atoms with Gasteiger partial charge in [-0.05, 0) is 12.5 Å². The fourth-order valence-corrected chi connectivity index (χ4v) is 3.82. The fourth-order valence-electron chi connectivity index (χ4n) is 2.52. The SMILES string of the molecule is C[C@H](Nc1ncnc2sc3c(c12)CC[NH+](C)C3)C(=O)[O-]. The Morgan fingerprint density at radius 1 is 1.55 bits per heavy atom. The molecule has 0 radical (unpaired) electrons. The highest BCUT2D eigenvalue weighted by molar-refractivity contribution is 7.18. The van der Waals surface area contributed by atoms with Crippen molar-refractivity contribution in [2.24, 2.45) is 0 Å². The largest absolute Gasteiger partial charge is 0.548 e. The predicted molar refractivity (Wildman–Crippen MR) is 74.7 cm³/mol. The molecule has 2 atom stereocenters. The van der Waals surface area contributed by atoms with Gasteiger partial charge in [0.15, 0.2) is 0 Å². The number of anilines is 1. The van der Waals surface area contributed by atoms with Gasteiger partial charge in [-0.25, -0.2) is 9.97 Å². The number of carboxylic acid groups (broad SMARTS) is 1. The van der Waals surface area contributed by atoms with Crippen LogP contribution in [0.15, 0.2) is 6.33 Å². The first kappa shape index (κ1) is 13.3. The number of aliphatic carboxylic acids is 1. The fraction of sp³-hybridized carbons (Fsp3) is 0.462. The first-order valence-corrected chi connectivity index (χ1v) is 7.42. The summed E-state index contributed by atoms with van der Waals surface area (Å²) < 4.78 is 0. The molecule has 0 saturated carbocycles. The number of likely N-dealkylation sites (N-methyl/N-ethyl adjacent to an activating group) is 1. The molecule has 20 heavy (non-hydrogen) atoms. The molecule has 1 aliphatic rings. The molecule has 0 amide bonds. The lowest BCUT2D eigenvalue weighted by atomic mass is 10.1. The smallest absolute Gasteiger partial charge is 0.138 e. The molecule has 0 saturated heterocycles. The van der Waals surface area contributed by atoms with Gasteiger partial charge in [0.05, 0.1) is 35.9 Å². The number of rotatable bonds is 3. The second kappa shape index (κ2) is 4.99. The third-order valence-corrected chi connectivity index (χ3v) is 4.78. The zero-order valence-corrected chi connectivity index (χ0v) is 12.2. The van der Waals surface area contributed by atoms with Gasteiger partial charge in [0, 0.05) is 6.42 Å². The average molecular weight is 292 g/mol. The average Bonchev–Trinajstić information content (AvgIpc) is 2.76. The van der Waals surface area contributed by atoms with E-state index in [9.17, 15) is 9.90 Å². The van der Waals surface area contributed by atoms with E-state index in [1.54, 1.807) is 18.3 Å². The van der Waals surface area contributed by atoms with Gasteiger partial charge in [0.1, 0.15) is 23.5 Å². The van der Waals surface area contributed by atoms with E-state index >= 15 is 0 Å². The van der Waals surface area contributed by atoms with Gasteiger partial charge >= 0.3 is 0 Å². The molecular weight excluding hydrogens is 276 g/mol. The summed E-state index contributed by atoms with van der Waals surface area (Å²) in [5.74, 6) is -0.534. The van der Waals surface area contributed by atoms with Crippen molar-refractivity contribution in [2.75, 3.05) is 18.9 Å². The summed E-state index contributed by atoms with van der Waals surface area (Å²) in [5, 5.41) is 14.8. The molecule has 0 spiro atoms. The van der Waals surface area contributed by atoms with E-state index < -0.39 is 12.0 Å². The standard InChI is InChI=1S/C13H16N4O2S/c1-7(13(18)19)16-11-10-8-3-4-17(2)5-9(8)20-12(10)15-6-14-11/h6-7H,3-5H2,1-2H3,(H,18,19)(H,14,15,16)/t7-/m0/s1. The zero-order valence-electron chi connectivity index (χ0n) is 11.4. The summed E-state index contributed by atoms with van der Waals surface area (Å²) in [6, 6.07) is -0.777. The molecule has 0 fully saturated rings. The summed E-state index contributed by atoms with van der Waals surface area (Å²) in [6.07, 6.45) is 2.45. The summed E-state index contributed by atoms with van der Waals surface area (Å²) in [4.78, 5) is 23.2. The Bertz CT molecular complexity index is 670. The molecule has 3 heterocycles. The van der Waals surface area contributed by atoms with Crippen molar-refractivity contribution < 1.29 is 14.8 Å². The van der Waals surface area contributed by atoms with E-state index in [0.717, 1.165) is 29.7 Å². The summed E-state index contributed by atoms with van der Waals surface area (Å²) in [6.45, 7) is 3.62. The Hall–Kier alpha value is -1.73. The van der Waals surface area contributed by atoms with Crippen LogP contribution < -0.4 is 15.3 Å². The van der Waals surface area contributed by atoms with Gasteiger partial charge in [-0.15, -0.1) is 11.3 Å². The van der Waals surface area contributed by atoms with Crippen LogP contribution in [0.3, 0.4) is 0 Å². The third kappa shape index (κ3) is 2.23. The number of hydrogen-bond donors (Lipinski definition) is 2. The van der Waals surface area contributed by atoms with Crippen LogP contribution in [0.5, 0.6) is 0 Å². The van der Waals surface area contributed by atoms with E-state index in [2.05, 4.69) is 22.3 Å². The highest BCUT2D eigenvalue weighted by Gasteiger charge is 2.24. The van der Waals surface area contributed by atoms with Crippen LogP contribution in [0.25, 0.3) is 10.2 Å². The Kier molecular flexibility index (Phi) is 3.31. The molecule has 3 rings (SSSR count). The van der Waals surface area contributed by atoms with Crippen molar-refractivity contribution >= 4 is 33.3 Å². The van der Waals surface area contributed by atoms with Gasteiger partial charge < -0.3 is 20.1 Å². The summed E-state index contributed by atoms with van der Waals surface area (Å²) in [7, 11) is 2.18. The monoisotopic (exact) mass is 292 g/mol. The second-order valence-electron chi connectivity index (χ2n) is 5.23. The van der Waals surface area contributed by atoms with Crippen molar-refractivity contribution in [3.63, 3.8) is 0 Å². The molecule has 0 aromatic carbocycles. The molecule has 1 aliphatic heterocycles. The first-order chi connectivity index (χ1) is 9.56. The number of nitrogens with zero attached hydrogens (tertiary/aromatic N) is 2. The number of carboxylic acids is 1. The number of nitrogens with one attached hydrogen (secondary N) is 2. The Morgan fingerprint density at radius 3 is 3.10 bits per heavy atom. The van der Waals surface area contributed by atoms with E-state index in [-0.39, 0.29) is 0 Å². The highest BCUT2D eigenvalue weighted by Crippen LogP contribution is 2.34. The van der Waals surface area contributed by atoms with E-state index in [1.807, 2.05) is 0 Å². The van der Waals surface area contributed by atoms with Gasteiger partial charge in [-0.1, -0.05) is 0 Å². The van der Waals surface area contributed by atoms with Gasteiger partial charge in [0.25, 0.3) is 0 Å². The lowest BCUT2D eigenvalue weighted by Crippen LogP contribution is -3.08. The molecule has 6 nitrogen and oxygen atoms in total. The number of carbonyl (C=O) groups is 1. The van der Waals surface area contributed by atoms with E-state index in [4.69, 9.17) is 0 Å².